The fraction of sp³-hybridized carbons (Fsp3) is 0.333. The first kappa shape index (κ1) is 12.0. The van der Waals surface area contributed by atoms with Gasteiger partial charge in [-0.1, -0.05) is 19.1 Å². The highest BCUT2D eigenvalue weighted by atomic mass is 16.5. The van der Waals surface area contributed by atoms with Crippen LogP contribution in [0.2, 0.25) is 0 Å². The van der Waals surface area contributed by atoms with E-state index in [1.165, 1.54) is 7.11 Å². The Morgan fingerprint density at radius 2 is 2.26 bits per heavy atom. The monoisotopic (exact) mass is 257 g/mol. The molecule has 0 spiro atoms. The van der Waals surface area contributed by atoms with Crippen molar-refractivity contribution in [2.75, 3.05) is 7.11 Å². The lowest BCUT2D eigenvalue weighted by Gasteiger charge is -2.25. The molecule has 0 N–H and O–H groups in total. The largest absolute Gasteiger partial charge is 0.464 e. The molecule has 4 nitrogen and oxygen atoms in total. The molecule has 1 aromatic carbocycles. The van der Waals surface area contributed by atoms with Crippen molar-refractivity contribution in [2.24, 2.45) is 0 Å². The van der Waals surface area contributed by atoms with Gasteiger partial charge in [-0.2, -0.15) is 0 Å². The second kappa shape index (κ2) is 4.23. The SMILES string of the molecule is CCC1CC(=O)c2cccc3cc(C(=O)OC)n1c23. The highest BCUT2D eigenvalue weighted by Gasteiger charge is 2.30. The number of hydrogen-bond acceptors (Lipinski definition) is 3. The van der Waals surface area contributed by atoms with Crippen LogP contribution in [0.3, 0.4) is 0 Å². The van der Waals surface area contributed by atoms with Gasteiger partial charge >= 0.3 is 5.97 Å². The summed E-state index contributed by atoms with van der Waals surface area (Å²) in [6.07, 6.45) is 1.26. The van der Waals surface area contributed by atoms with E-state index in [0.29, 0.717) is 17.7 Å². The Labute approximate surface area is 111 Å². The molecular formula is C15H15NO3. The Bertz CT molecular complexity index is 684. The maximum atomic E-state index is 12.2. The molecule has 0 saturated carbocycles. The van der Waals surface area contributed by atoms with Crippen molar-refractivity contribution >= 4 is 22.7 Å². The van der Waals surface area contributed by atoms with Crippen molar-refractivity contribution in [3.8, 4) is 0 Å². The summed E-state index contributed by atoms with van der Waals surface area (Å²) in [5, 5.41) is 0.921. The van der Waals surface area contributed by atoms with Crippen molar-refractivity contribution in [1.29, 1.82) is 0 Å². The molecule has 0 fully saturated rings. The van der Waals surface area contributed by atoms with Gasteiger partial charge in [-0.05, 0) is 18.6 Å². The molecular weight excluding hydrogens is 242 g/mol. The van der Waals surface area contributed by atoms with Crippen LogP contribution in [0.4, 0.5) is 0 Å². The molecule has 0 radical (unpaired) electrons. The summed E-state index contributed by atoms with van der Waals surface area (Å²) in [5.41, 5.74) is 2.10. The molecule has 3 rings (SSSR count). The lowest BCUT2D eigenvalue weighted by Crippen LogP contribution is -2.23. The highest BCUT2D eigenvalue weighted by Crippen LogP contribution is 2.35. The number of ketones is 1. The maximum absolute atomic E-state index is 12.2. The quantitative estimate of drug-likeness (QED) is 0.777. The smallest absolute Gasteiger partial charge is 0.354 e. The average Bonchev–Trinajstić information content (AvgIpc) is 2.82. The van der Waals surface area contributed by atoms with E-state index < -0.39 is 0 Å². The first-order chi connectivity index (χ1) is 9.17. The summed E-state index contributed by atoms with van der Waals surface area (Å²) in [7, 11) is 1.38. The summed E-state index contributed by atoms with van der Waals surface area (Å²) in [5.74, 6) is -0.200. The molecule has 2 heterocycles. The average molecular weight is 257 g/mol. The number of rotatable bonds is 2. The second-order valence-electron chi connectivity index (χ2n) is 4.82. The maximum Gasteiger partial charge on any atom is 0.354 e. The van der Waals surface area contributed by atoms with Crippen LogP contribution in [0.25, 0.3) is 10.9 Å². The lowest BCUT2D eigenvalue weighted by atomic mass is 9.96. The zero-order valence-electron chi connectivity index (χ0n) is 11.0. The van der Waals surface area contributed by atoms with Gasteiger partial charge in [0.05, 0.1) is 12.6 Å². The number of benzene rings is 1. The fourth-order valence-electron chi connectivity index (χ4n) is 2.89. The van der Waals surface area contributed by atoms with E-state index >= 15 is 0 Å². The third kappa shape index (κ3) is 1.59. The number of nitrogens with zero attached hydrogens (tertiary/aromatic N) is 1. The molecule has 98 valence electrons. The van der Waals surface area contributed by atoms with Gasteiger partial charge in [0.15, 0.2) is 5.78 Å². The summed E-state index contributed by atoms with van der Waals surface area (Å²) in [4.78, 5) is 24.1. The topological polar surface area (TPSA) is 48.3 Å². The molecule has 0 aliphatic carbocycles. The van der Waals surface area contributed by atoms with Crippen LogP contribution < -0.4 is 0 Å². The van der Waals surface area contributed by atoms with Gasteiger partial charge in [-0.15, -0.1) is 0 Å². The van der Waals surface area contributed by atoms with Crippen molar-refractivity contribution in [1.82, 2.24) is 4.57 Å². The normalized spacial score (nSPS) is 17.8. The number of ether oxygens (including phenoxy) is 1. The number of methoxy groups -OCH3 is 1. The van der Waals surface area contributed by atoms with Crippen LogP contribution in [-0.4, -0.2) is 23.4 Å². The van der Waals surface area contributed by atoms with E-state index in [4.69, 9.17) is 4.74 Å². The van der Waals surface area contributed by atoms with E-state index in [0.717, 1.165) is 17.3 Å². The number of aromatic nitrogens is 1. The summed E-state index contributed by atoms with van der Waals surface area (Å²) >= 11 is 0. The molecule has 1 aromatic heterocycles. The zero-order valence-corrected chi connectivity index (χ0v) is 11.0. The minimum atomic E-state index is -0.352. The molecule has 1 aliphatic rings. The molecule has 19 heavy (non-hydrogen) atoms. The van der Waals surface area contributed by atoms with Gasteiger partial charge < -0.3 is 9.30 Å². The van der Waals surface area contributed by atoms with E-state index in [9.17, 15) is 9.59 Å². The predicted molar refractivity (Wildman–Crippen MR) is 71.6 cm³/mol. The Balaban J connectivity index is 2.38. The molecule has 0 amide bonds. The van der Waals surface area contributed by atoms with E-state index in [-0.39, 0.29) is 17.8 Å². The predicted octanol–water partition coefficient (Wildman–Crippen LogP) is 2.97. The van der Waals surface area contributed by atoms with Crippen molar-refractivity contribution in [3.05, 3.63) is 35.5 Å². The van der Waals surface area contributed by atoms with Crippen molar-refractivity contribution in [2.45, 2.75) is 25.8 Å². The Morgan fingerprint density at radius 1 is 1.47 bits per heavy atom. The number of esters is 1. The zero-order chi connectivity index (χ0) is 13.6. The second-order valence-corrected chi connectivity index (χ2v) is 4.82. The number of para-hydroxylation sites is 1. The molecule has 2 aromatic rings. The highest BCUT2D eigenvalue weighted by molar-refractivity contribution is 6.10. The minimum absolute atomic E-state index is 0.0361. The lowest BCUT2D eigenvalue weighted by molar-refractivity contribution is 0.0584. The molecule has 1 unspecified atom stereocenters. The first-order valence-corrected chi connectivity index (χ1v) is 6.42. The van der Waals surface area contributed by atoms with Crippen LogP contribution in [0.5, 0.6) is 0 Å². The third-order valence-corrected chi connectivity index (χ3v) is 3.81. The molecule has 1 atom stereocenters. The molecule has 0 saturated heterocycles. The minimum Gasteiger partial charge on any atom is -0.464 e. The van der Waals surface area contributed by atoms with Crippen LogP contribution in [0.1, 0.15) is 46.7 Å². The van der Waals surface area contributed by atoms with E-state index in [1.54, 1.807) is 0 Å². The van der Waals surface area contributed by atoms with Crippen LogP contribution in [0, 0.1) is 0 Å². The summed E-state index contributed by atoms with van der Waals surface area (Å²) in [6, 6.07) is 7.45. The van der Waals surface area contributed by atoms with Crippen molar-refractivity contribution in [3.63, 3.8) is 0 Å². The molecule has 4 heteroatoms. The van der Waals surface area contributed by atoms with Gasteiger partial charge in [-0.3, -0.25) is 4.79 Å². The van der Waals surface area contributed by atoms with Gasteiger partial charge in [0.2, 0.25) is 0 Å². The third-order valence-electron chi connectivity index (χ3n) is 3.81. The molecule has 1 aliphatic heterocycles. The van der Waals surface area contributed by atoms with Crippen LogP contribution in [0.15, 0.2) is 24.3 Å². The number of carbonyl (C=O) groups is 2. The number of hydrogen-bond donors (Lipinski definition) is 0. The Kier molecular flexibility index (Phi) is 2.66. The van der Waals surface area contributed by atoms with E-state index in [1.807, 2.05) is 35.8 Å². The van der Waals surface area contributed by atoms with Gasteiger partial charge in [0, 0.05) is 23.4 Å². The van der Waals surface area contributed by atoms with Crippen molar-refractivity contribution < 1.29 is 14.3 Å². The Morgan fingerprint density at radius 3 is 2.95 bits per heavy atom. The van der Waals surface area contributed by atoms with Crippen LogP contribution >= 0.6 is 0 Å². The molecule has 0 bridgehead atoms. The van der Waals surface area contributed by atoms with E-state index in [2.05, 4.69) is 0 Å². The van der Waals surface area contributed by atoms with Gasteiger partial charge in [0.25, 0.3) is 0 Å². The van der Waals surface area contributed by atoms with Gasteiger partial charge in [-0.25, -0.2) is 4.79 Å². The first-order valence-electron chi connectivity index (χ1n) is 6.42. The van der Waals surface area contributed by atoms with Gasteiger partial charge in [0.1, 0.15) is 5.69 Å². The number of carbonyl (C=O) groups excluding carboxylic acids is 2. The van der Waals surface area contributed by atoms with Crippen LogP contribution in [-0.2, 0) is 4.74 Å². The summed E-state index contributed by atoms with van der Waals surface area (Å²) < 4.78 is 6.82. The fourth-order valence-corrected chi connectivity index (χ4v) is 2.89. The Hall–Kier alpha value is -2.10. The number of Topliss-reactive ketones (excluding diaryl/α,β-unsaturated/α-hetero) is 1. The standard InChI is InChI=1S/C15H15NO3/c1-3-10-8-13(17)11-6-4-5-9-7-12(15(18)19-2)16(10)14(9)11/h4-7,10H,3,8H2,1-2H3. The summed E-state index contributed by atoms with van der Waals surface area (Å²) in [6.45, 7) is 2.03.